The van der Waals surface area contributed by atoms with Crippen LogP contribution < -0.4 is 5.32 Å². The number of aliphatic imine (C=N–C) groups is 1. The third kappa shape index (κ3) is 5.38. The predicted octanol–water partition coefficient (Wildman–Crippen LogP) is 3.08. The lowest BCUT2D eigenvalue weighted by Gasteiger charge is -2.30. The van der Waals surface area contributed by atoms with Gasteiger partial charge in [0, 0.05) is 32.2 Å². The highest BCUT2D eigenvalue weighted by Gasteiger charge is 2.16. The Kier molecular flexibility index (Phi) is 7.32. The first-order valence-electron chi connectivity index (χ1n) is 9.09. The van der Waals surface area contributed by atoms with Gasteiger partial charge < -0.3 is 15.1 Å². The lowest BCUT2D eigenvalue weighted by Crippen LogP contribution is -2.44. The third-order valence-electron chi connectivity index (χ3n) is 4.58. The number of guanidine groups is 1. The number of benzene rings is 1. The molecular formula is C20H32N4. The summed E-state index contributed by atoms with van der Waals surface area (Å²) in [5.74, 6) is 1.04. The van der Waals surface area contributed by atoms with Crippen LogP contribution in [-0.4, -0.2) is 61.6 Å². The zero-order valence-electron chi connectivity index (χ0n) is 15.6. The van der Waals surface area contributed by atoms with E-state index in [1.165, 1.54) is 11.1 Å². The fourth-order valence-corrected chi connectivity index (χ4v) is 2.77. The molecule has 0 amide bonds. The van der Waals surface area contributed by atoms with Gasteiger partial charge in [-0.05, 0) is 45.4 Å². The molecule has 4 nitrogen and oxygen atoms in total. The average molecular weight is 329 g/mol. The quantitative estimate of drug-likeness (QED) is 0.643. The maximum atomic E-state index is 4.82. The molecule has 0 spiro atoms. The fraction of sp³-hybridized carbons (Fsp3) is 0.550. The second kappa shape index (κ2) is 9.48. The number of rotatable bonds is 6. The number of likely N-dealkylation sites (N-methyl/N-ethyl adjacent to an activating group) is 1. The summed E-state index contributed by atoms with van der Waals surface area (Å²) in [7, 11) is 2.16. The monoisotopic (exact) mass is 328 g/mol. The number of nitrogens with one attached hydrogen (secondary N) is 1. The van der Waals surface area contributed by atoms with E-state index in [0.717, 1.165) is 45.1 Å². The molecule has 1 aromatic carbocycles. The molecular weight excluding hydrogens is 296 g/mol. The van der Waals surface area contributed by atoms with Crippen LogP contribution in [0.3, 0.4) is 0 Å². The van der Waals surface area contributed by atoms with Crippen LogP contribution in [-0.2, 0) is 0 Å². The predicted molar refractivity (Wildman–Crippen MR) is 104 cm³/mol. The van der Waals surface area contributed by atoms with Crippen LogP contribution in [0.15, 0.2) is 41.4 Å². The van der Waals surface area contributed by atoms with Gasteiger partial charge in [0.1, 0.15) is 0 Å². The molecule has 0 bridgehead atoms. The van der Waals surface area contributed by atoms with Crippen molar-refractivity contribution >= 4 is 11.5 Å². The van der Waals surface area contributed by atoms with Crippen molar-refractivity contribution in [3.63, 3.8) is 0 Å². The SMILES string of the molecule is CCNC(=NCCN(C)C(C)C)N1CC=C(c2ccccc2)CC1. The molecule has 0 aliphatic carbocycles. The minimum absolute atomic E-state index is 0.564. The summed E-state index contributed by atoms with van der Waals surface area (Å²) in [6.45, 7) is 11.2. The van der Waals surface area contributed by atoms with Crippen molar-refractivity contribution in [3.8, 4) is 0 Å². The maximum absolute atomic E-state index is 4.82. The summed E-state index contributed by atoms with van der Waals surface area (Å²) >= 11 is 0. The average Bonchev–Trinajstić information content (AvgIpc) is 2.61. The van der Waals surface area contributed by atoms with Crippen molar-refractivity contribution in [1.82, 2.24) is 15.1 Å². The minimum Gasteiger partial charge on any atom is -0.357 e. The Morgan fingerprint density at radius 2 is 2.04 bits per heavy atom. The smallest absolute Gasteiger partial charge is 0.194 e. The minimum atomic E-state index is 0.564. The number of hydrogen-bond acceptors (Lipinski definition) is 2. The van der Waals surface area contributed by atoms with E-state index in [4.69, 9.17) is 4.99 Å². The summed E-state index contributed by atoms with van der Waals surface area (Å²) in [6.07, 6.45) is 3.41. The summed E-state index contributed by atoms with van der Waals surface area (Å²) < 4.78 is 0. The van der Waals surface area contributed by atoms with Crippen molar-refractivity contribution in [2.45, 2.75) is 33.2 Å². The largest absolute Gasteiger partial charge is 0.357 e. The van der Waals surface area contributed by atoms with Crippen molar-refractivity contribution in [2.24, 2.45) is 4.99 Å². The highest BCUT2D eigenvalue weighted by atomic mass is 15.3. The Morgan fingerprint density at radius 1 is 1.29 bits per heavy atom. The Morgan fingerprint density at radius 3 is 2.62 bits per heavy atom. The van der Waals surface area contributed by atoms with E-state index >= 15 is 0 Å². The molecule has 1 aliphatic heterocycles. The molecule has 1 aromatic rings. The van der Waals surface area contributed by atoms with Gasteiger partial charge in [-0.15, -0.1) is 0 Å². The zero-order valence-corrected chi connectivity index (χ0v) is 15.6. The van der Waals surface area contributed by atoms with Crippen LogP contribution in [0.4, 0.5) is 0 Å². The van der Waals surface area contributed by atoms with Crippen LogP contribution in [0.25, 0.3) is 5.57 Å². The topological polar surface area (TPSA) is 30.9 Å². The van der Waals surface area contributed by atoms with Crippen LogP contribution in [0, 0.1) is 0 Å². The number of nitrogens with zero attached hydrogens (tertiary/aromatic N) is 3. The Bertz CT molecular complexity index is 548. The first-order chi connectivity index (χ1) is 11.6. The first-order valence-corrected chi connectivity index (χ1v) is 9.09. The van der Waals surface area contributed by atoms with Gasteiger partial charge in [0.2, 0.25) is 0 Å². The second-order valence-corrected chi connectivity index (χ2v) is 6.60. The maximum Gasteiger partial charge on any atom is 0.194 e. The van der Waals surface area contributed by atoms with E-state index in [1.54, 1.807) is 0 Å². The molecule has 1 aliphatic rings. The molecule has 0 radical (unpaired) electrons. The molecule has 0 unspecified atom stereocenters. The molecule has 132 valence electrons. The molecule has 1 heterocycles. The zero-order chi connectivity index (χ0) is 17.4. The van der Waals surface area contributed by atoms with Crippen molar-refractivity contribution in [1.29, 1.82) is 0 Å². The summed E-state index contributed by atoms with van der Waals surface area (Å²) in [5.41, 5.74) is 2.79. The van der Waals surface area contributed by atoms with E-state index in [1.807, 2.05) is 0 Å². The molecule has 4 heteroatoms. The highest BCUT2D eigenvalue weighted by Crippen LogP contribution is 2.21. The molecule has 0 fully saturated rings. The van der Waals surface area contributed by atoms with E-state index in [9.17, 15) is 0 Å². The molecule has 1 N–H and O–H groups in total. The van der Waals surface area contributed by atoms with Gasteiger partial charge in [-0.2, -0.15) is 0 Å². The molecule has 0 atom stereocenters. The van der Waals surface area contributed by atoms with E-state index in [-0.39, 0.29) is 0 Å². The number of hydrogen-bond donors (Lipinski definition) is 1. The van der Waals surface area contributed by atoms with E-state index in [2.05, 4.69) is 79.3 Å². The fourth-order valence-electron chi connectivity index (χ4n) is 2.77. The van der Waals surface area contributed by atoms with Gasteiger partial charge in [0.05, 0.1) is 6.54 Å². The van der Waals surface area contributed by atoms with Crippen molar-refractivity contribution in [3.05, 3.63) is 42.0 Å². The lowest BCUT2D eigenvalue weighted by molar-refractivity contribution is 0.281. The van der Waals surface area contributed by atoms with Gasteiger partial charge in [0.25, 0.3) is 0 Å². The van der Waals surface area contributed by atoms with Crippen LogP contribution in [0.1, 0.15) is 32.8 Å². The molecule has 24 heavy (non-hydrogen) atoms. The van der Waals surface area contributed by atoms with Crippen molar-refractivity contribution in [2.75, 3.05) is 39.8 Å². The molecule has 2 rings (SSSR count). The Balaban J connectivity index is 1.96. The summed E-state index contributed by atoms with van der Waals surface area (Å²) in [4.78, 5) is 9.50. The van der Waals surface area contributed by atoms with Gasteiger partial charge in [-0.1, -0.05) is 36.4 Å². The first kappa shape index (κ1) is 18.5. The van der Waals surface area contributed by atoms with Crippen LogP contribution >= 0.6 is 0 Å². The van der Waals surface area contributed by atoms with Crippen molar-refractivity contribution < 1.29 is 0 Å². The summed E-state index contributed by atoms with van der Waals surface area (Å²) in [6, 6.07) is 11.3. The Hall–Kier alpha value is -1.81. The normalized spacial score (nSPS) is 15.8. The third-order valence-corrected chi connectivity index (χ3v) is 4.58. The molecule has 0 saturated heterocycles. The second-order valence-electron chi connectivity index (χ2n) is 6.60. The highest BCUT2D eigenvalue weighted by molar-refractivity contribution is 5.81. The Labute approximate surface area is 147 Å². The summed E-state index contributed by atoms with van der Waals surface area (Å²) in [5, 5.41) is 3.44. The van der Waals surface area contributed by atoms with Crippen LogP contribution in [0.5, 0.6) is 0 Å². The van der Waals surface area contributed by atoms with Gasteiger partial charge in [-0.3, -0.25) is 4.99 Å². The lowest BCUT2D eigenvalue weighted by atomic mass is 10.00. The van der Waals surface area contributed by atoms with Gasteiger partial charge in [0.15, 0.2) is 5.96 Å². The molecule has 0 saturated carbocycles. The standard InChI is InChI=1S/C20H32N4/c1-5-21-20(22-13-16-23(4)17(2)3)24-14-11-19(12-15-24)18-9-7-6-8-10-18/h6-11,17H,5,12-16H2,1-4H3,(H,21,22). The van der Waals surface area contributed by atoms with Gasteiger partial charge in [-0.25, -0.2) is 0 Å². The van der Waals surface area contributed by atoms with E-state index in [0.29, 0.717) is 6.04 Å². The van der Waals surface area contributed by atoms with E-state index < -0.39 is 0 Å². The molecule has 0 aromatic heterocycles. The van der Waals surface area contributed by atoms with Crippen LogP contribution in [0.2, 0.25) is 0 Å². The van der Waals surface area contributed by atoms with Gasteiger partial charge >= 0.3 is 0 Å².